The summed E-state index contributed by atoms with van der Waals surface area (Å²) in [6, 6.07) is 0. The molecule has 0 saturated heterocycles. The number of carbonyl (C=O) groups is 2. The molecule has 1 saturated carbocycles. The summed E-state index contributed by atoms with van der Waals surface area (Å²) in [4.78, 5) is 21.2. The van der Waals surface area contributed by atoms with Gasteiger partial charge in [-0.3, -0.25) is 9.59 Å². The molecule has 84 valence electrons. The third-order valence-electron chi connectivity index (χ3n) is 2.62. The average Bonchev–Trinajstić information content (AvgIpc) is 2.77. The van der Waals surface area contributed by atoms with Gasteiger partial charge in [-0.15, -0.1) is 0 Å². The fraction of sp³-hybridized carbons (Fsp3) is 0.636. The summed E-state index contributed by atoms with van der Waals surface area (Å²) in [5.41, 5.74) is -0.518. The molecule has 0 aromatic heterocycles. The van der Waals surface area contributed by atoms with Gasteiger partial charge < -0.3 is 9.84 Å². The Hall–Kier alpha value is -1.32. The Morgan fingerprint density at radius 1 is 1.60 bits per heavy atom. The molecule has 4 heteroatoms. The number of carboxylic acid groups (broad SMARTS) is 1. The summed E-state index contributed by atoms with van der Waals surface area (Å²) in [5.74, 6) is -0.852. The molecular formula is C11H16O4. The maximum Gasteiger partial charge on any atom is 0.307 e. The van der Waals surface area contributed by atoms with E-state index in [2.05, 4.69) is 0 Å². The molecule has 1 fully saturated rings. The van der Waals surface area contributed by atoms with Crippen LogP contribution >= 0.6 is 0 Å². The smallest absolute Gasteiger partial charge is 0.307 e. The predicted molar refractivity (Wildman–Crippen MR) is 54.3 cm³/mol. The van der Waals surface area contributed by atoms with Crippen molar-refractivity contribution in [1.29, 1.82) is 0 Å². The third kappa shape index (κ3) is 3.08. The summed E-state index contributed by atoms with van der Waals surface area (Å²) in [5, 5.41) is 8.48. The first-order chi connectivity index (χ1) is 7.00. The molecule has 0 spiro atoms. The average molecular weight is 212 g/mol. The second-order valence-electron chi connectivity index (χ2n) is 3.86. The van der Waals surface area contributed by atoms with Gasteiger partial charge in [-0.25, -0.2) is 0 Å². The van der Waals surface area contributed by atoms with E-state index in [1.807, 2.05) is 6.92 Å². The van der Waals surface area contributed by atoms with Crippen molar-refractivity contribution in [2.45, 2.75) is 38.7 Å². The van der Waals surface area contributed by atoms with Crippen molar-refractivity contribution in [3.05, 3.63) is 12.2 Å². The molecule has 2 atom stereocenters. The van der Waals surface area contributed by atoms with E-state index in [1.54, 1.807) is 12.2 Å². The predicted octanol–water partition coefficient (Wildman–Crippen LogP) is 1.75. The summed E-state index contributed by atoms with van der Waals surface area (Å²) >= 11 is 0. The van der Waals surface area contributed by atoms with E-state index in [9.17, 15) is 9.59 Å². The van der Waals surface area contributed by atoms with Crippen LogP contribution in [0.2, 0.25) is 0 Å². The Kier molecular flexibility index (Phi) is 3.50. The van der Waals surface area contributed by atoms with Gasteiger partial charge in [-0.2, -0.15) is 0 Å². The minimum Gasteiger partial charge on any atom is -0.481 e. The lowest BCUT2D eigenvalue weighted by atomic mass is 10.2. The van der Waals surface area contributed by atoms with Crippen LogP contribution in [0, 0.1) is 5.92 Å². The Morgan fingerprint density at radius 3 is 2.67 bits per heavy atom. The van der Waals surface area contributed by atoms with E-state index >= 15 is 0 Å². The first kappa shape index (κ1) is 11.8. The number of hydrogen-bond donors (Lipinski definition) is 1. The fourth-order valence-electron chi connectivity index (χ4n) is 1.81. The maximum atomic E-state index is 10.9. The highest BCUT2D eigenvalue weighted by Crippen LogP contribution is 2.50. The lowest BCUT2D eigenvalue weighted by molar-refractivity contribution is -0.146. The number of hydrogen-bond acceptors (Lipinski definition) is 3. The van der Waals surface area contributed by atoms with Crippen LogP contribution in [0.5, 0.6) is 0 Å². The lowest BCUT2D eigenvalue weighted by Crippen LogP contribution is -2.17. The van der Waals surface area contributed by atoms with Gasteiger partial charge in [0.1, 0.15) is 5.60 Å². The van der Waals surface area contributed by atoms with Gasteiger partial charge >= 0.3 is 11.9 Å². The van der Waals surface area contributed by atoms with Crippen LogP contribution in [-0.4, -0.2) is 22.6 Å². The van der Waals surface area contributed by atoms with Crippen LogP contribution in [0.15, 0.2) is 12.2 Å². The van der Waals surface area contributed by atoms with E-state index < -0.39 is 11.6 Å². The molecule has 0 amide bonds. The van der Waals surface area contributed by atoms with E-state index in [1.165, 1.54) is 6.92 Å². The standard InChI is InChI=1S/C11H16O4/c1-3-9-7-11(9,15-8(2)12)6-4-5-10(13)14/h4,6,9H,3,5,7H2,1-2H3,(H,13,14)/b6-4+/t9-,11-/m0/s1. The molecule has 0 aromatic carbocycles. The highest BCUT2D eigenvalue weighted by atomic mass is 16.6. The molecule has 1 aliphatic rings. The minimum absolute atomic E-state index is 0.0283. The van der Waals surface area contributed by atoms with E-state index in [4.69, 9.17) is 9.84 Å². The Morgan fingerprint density at radius 2 is 2.27 bits per heavy atom. The molecule has 0 aliphatic heterocycles. The summed E-state index contributed by atoms with van der Waals surface area (Å²) in [7, 11) is 0. The molecule has 15 heavy (non-hydrogen) atoms. The largest absolute Gasteiger partial charge is 0.481 e. The van der Waals surface area contributed by atoms with Crippen molar-refractivity contribution in [3.63, 3.8) is 0 Å². The molecule has 0 bridgehead atoms. The van der Waals surface area contributed by atoms with Crippen molar-refractivity contribution in [1.82, 2.24) is 0 Å². The van der Waals surface area contributed by atoms with Gasteiger partial charge in [0.2, 0.25) is 0 Å². The number of rotatable bonds is 5. The normalized spacial score (nSPS) is 29.1. The maximum absolute atomic E-state index is 10.9. The van der Waals surface area contributed by atoms with Gasteiger partial charge in [0.25, 0.3) is 0 Å². The van der Waals surface area contributed by atoms with Crippen LogP contribution in [0.25, 0.3) is 0 Å². The number of carboxylic acids is 1. The summed E-state index contributed by atoms with van der Waals surface area (Å²) < 4.78 is 5.22. The van der Waals surface area contributed by atoms with Gasteiger partial charge in [-0.05, 0) is 18.9 Å². The van der Waals surface area contributed by atoms with Crippen molar-refractivity contribution in [2.24, 2.45) is 5.92 Å². The van der Waals surface area contributed by atoms with Crippen LogP contribution < -0.4 is 0 Å². The van der Waals surface area contributed by atoms with Crippen LogP contribution in [-0.2, 0) is 14.3 Å². The van der Waals surface area contributed by atoms with Crippen LogP contribution in [0.4, 0.5) is 0 Å². The van der Waals surface area contributed by atoms with Gasteiger partial charge in [-0.1, -0.05) is 13.0 Å². The molecule has 0 unspecified atom stereocenters. The van der Waals surface area contributed by atoms with Crippen molar-refractivity contribution >= 4 is 11.9 Å². The third-order valence-corrected chi connectivity index (χ3v) is 2.62. The number of esters is 1. The summed E-state index contributed by atoms with van der Waals surface area (Å²) in [6.07, 6.45) is 4.99. The molecule has 1 aliphatic carbocycles. The zero-order chi connectivity index (χ0) is 11.5. The summed E-state index contributed by atoms with van der Waals surface area (Å²) in [6.45, 7) is 3.40. The quantitative estimate of drug-likeness (QED) is 0.557. The molecule has 1 rings (SSSR count). The van der Waals surface area contributed by atoms with E-state index in [0.717, 1.165) is 12.8 Å². The Balaban J connectivity index is 2.56. The van der Waals surface area contributed by atoms with Gasteiger partial charge in [0.05, 0.1) is 6.42 Å². The second kappa shape index (κ2) is 4.47. The Labute approximate surface area is 88.9 Å². The second-order valence-corrected chi connectivity index (χ2v) is 3.86. The van der Waals surface area contributed by atoms with Gasteiger partial charge in [0.15, 0.2) is 0 Å². The lowest BCUT2D eigenvalue weighted by Gasteiger charge is -2.12. The zero-order valence-corrected chi connectivity index (χ0v) is 9.03. The monoisotopic (exact) mass is 212 g/mol. The van der Waals surface area contributed by atoms with E-state index in [0.29, 0.717) is 5.92 Å². The highest BCUT2D eigenvalue weighted by Gasteiger charge is 2.54. The van der Waals surface area contributed by atoms with Crippen molar-refractivity contribution < 1.29 is 19.4 Å². The fourth-order valence-corrected chi connectivity index (χ4v) is 1.81. The van der Waals surface area contributed by atoms with Crippen LogP contribution in [0.1, 0.15) is 33.1 Å². The Bertz CT molecular complexity index is 295. The number of ether oxygens (including phenoxy) is 1. The number of carbonyl (C=O) groups excluding carboxylic acids is 1. The minimum atomic E-state index is -0.877. The molecule has 0 heterocycles. The zero-order valence-electron chi connectivity index (χ0n) is 9.03. The van der Waals surface area contributed by atoms with Crippen molar-refractivity contribution in [3.8, 4) is 0 Å². The SMILES string of the molecule is CC[C@H]1C[C@]1(/C=C/CC(=O)O)OC(C)=O. The molecule has 1 N–H and O–H groups in total. The van der Waals surface area contributed by atoms with Crippen molar-refractivity contribution in [2.75, 3.05) is 0 Å². The molecule has 0 radical (unpaired) electrons. The van der Waals surface area contributed by atoms with Gasteiger partial charge in [0, 0.05) is 12.8 Å². The first-order valence-electron chi connectivity index (χ1n) is 5.09. The van der Waals surface area contributed by atoms with E-state index in [-0.39, 0.29) is 12.4 Å². The molecular weight excluding hydrogens is 196 g/mol. The van der Waals surface area contributed by atoms with Crippen LogP contribution in [0.3, 0.4) is 0 Å². The molecule has 0 aromatic rings. The molecule has 4 nitrogen and oxygen atoms in total. The first-order valence-corrected chi connectivity index (χ1v) is 5.09. The topological polar surface area (TPSA) is 63.6 Å². The number of aliphatic carboxylic acids is 1. The highest BCUT2D eigenvalue weighted by molar-refractivity contribution is 5.69.